The van der Waals surface area contributed by atoms with E-state index in [1.54, 1.807) is 0 Å². The lowest BCUT2D eigenvalue weighted by atomic mass is 9.86. The van der Waals surface area contributed by atoms with Crippen LogP contribution in [0.25, 0.3) is 0 Å². The first-order valence-corrected chi connectivity index (χ1v) is 10.7. The Morgan fingerprint density at radius 2 is 1.88 bits per heavy atom. The SMILES string of the molecule is O=S(=O)(Cc1ccc(F)cc1)N[C@H]1CCC[C@@H](CN2CCOCC2)C1. The molecule has 1 saturated heterocycles. The fourth-order valence-corrected chi connectivity index (χ4v) is 5.24. The molecule has 0 spiro atoms. The highest BCUT2D eigenvalue weighted by atomic mass is 32.2. The maximum absolute atomic E-state index is 13.0. The monoisotopic (exact) mass is 370 g/mol. The summed E-state index contributed by atoms with van der Waals surface area (Å²) < 4.78 is 46.0. The normalized spacial score (nSPS) is 25.8. The van der Waals surface area contributed by atoms with E-state index < -0.39 is 10.0 Å². The molecular formula is C18H27FN2O3S. The van der Waals surface area contributed by atoms with Crippen molar-refractivity contribution in [3.05, 3.63) is 35.6 Å². The molecule has 1 aliphatic heterocycles. The summed E-state index contributed by atoms with van der Waals surface area (Å²) >= 11 is 0. The highest BCUT2D eigenvalue weighted by molar-refractivity contribution is 7.88. The number of rotatable bonds is 6. The molecule has 0 amide bonds. The highest BCUT2D eigenvalue weighted by Crippen LogP contribution is 2.26. The van der Waals surface area contributed by atoms with Gasteiger partial charge in [0.25, 0.3) is 0 Å². The molecule has 0 aromatic heterocycles. The maximum Gasteiger partial charge on any atom is 0.216 e. The van der Waals surface area contributed by atoms with Gasteiger partial charge in [-0.25, -0.2) is 17.5 Å². The van der Waals surface area contributed by atoms with Crippen LogP contribution < -0.4 is 4.72 Å². The third-order valence-corrected chi connectivity index (χ3v) is 6.42. The quantitative estimate of drug-likeness (QED) is 0.834. The van der Waals surface area contributed by atoms with Gasteiger partial charge in [-0.2, -0.15) is 0 Å². The fourth-order valence-electron chi connectivity index (χ4n) is 3.81. The molecule has 7 heteroatoms. The summed E-state index contributed by atoms with van der Waals surface area (Å²) in [5.74, 6) is 0.0791. The van der Waals surface area contributed by atoms with Crippen LogP contribution in [0.3, 0.4) is 0 Å². The molecule has 1 N–H and O–H groups in total. The third kappa shape index (κ3) is 6.02. The van der Waals surface area contributed by atoms with E-state index in [2.05, 4.69) is 9.62 Å². The van der Waals surface area contributed by atoms with Crippen molar-refractivity contribution >= 4 is 10.0 Å². The summed E-state index contributed by atoms with van der Waals surface area (Å²) in [6.45, 7) is 4.55. The van der Waals surface area contributed by atoms with E-state index in [0.29, 0.717) is 11.5 Å². The summed E-state index contributed by atoms with van der Waals surface area (Å²) in [6.07, 6.45) is 3.99. The molecule has 2 atom stereocenters. The minimum absolute atomic E-state index is 0.00485. The molecule has 1 saturated carbocycles. The van der Waals surface area contributed by atoms with Gasteiger partial charge >= 0.3 is 0 Å². The highest BCUT2D eigenvalue weighted by Gasteiger charge is 2.27. The first-order chi connectivity index (χ1) is 12.0. The molecule has 2 aliphatic rings. The topological polar surface area (TPSA) is 58.6 Å². The van der Waals surface area contributed by atoms with Gasteiger partial charge in [-0.15, -0.1) is 0 Å². The van der Waals surface area contributed by atoms with Gasteiger partial charge in [0.2, 0.25) is 10.0 Å². The second-order valence-corrected chi connectivity index (χ2v) is 8.90. The summed E-state index contributed by atoms with van der Waals surface area (Å²) in [6, 6.07) is 5.64. The zero-order valence-corrected chi connectivity index (χ0v) is 15.3. The fraction of sp³-hybridized carbons (Fsp3) is 0.667. The first kappa shape index (κ1) is 18.8. The number of sulfonamides is 1. The Kier molecular flexibility index (Phi) is 6.44. The van der Waals surface area contributed by atoms with Crippen molar-refractivity contribution in [1.29, 1.82) is 0 Å². The zero-order valence-electron chi connectivity index (χ0n) is 14.5. The molecule has 5 nitrogen and oxygen atoms in total. The van der Waals surface area contributed by atoms with Crippen LogP contribution in [0.4, 0.5) is 4.39 Å². The number of halogens is 1. The van der Waals surface area contributed by atoms with Gasteiger partial charge in [-0.3, -0.25) is 4.90 Å². The second-order valence-electron chi connectivity index (χ2n) is 7.15. The van der Waals surface area contributed by atoms with Gasteiger partial charge in [-0.1, -0.05) is 18.6 Å². The molecule has 3 rings (SSSR count). The van der Waals surface area contributed by atoms with Crippen LogP contribution >= 0.6 is 0 Å². The predicted molar refractivity (Wildman–Crippen MR) is 95.2 cm³/mol. The Hall–Kier alpha value is -1.02. The van der Waals surface area contributed by atoms with E-state index >= 15 is 0 Å². The van der Waals surface area contributed by atoms with Crippen molar-refractivity contribution in [1.82, 2.24) is 9.62 Å². The molecule has 0 unspecified atom stereocenters. The molecule has 1 aromatic rings. The van der Waals surface area contributed by atoms with Gasteiger partial charge in [0.15, 0.2) is 0 Å². The van der Waals surface area contributed by atoms with E-state index in [4.69, 9.17) is 4.74 Å². The van der Waals surface area contributed by atoms with Crippen LogP contribution in [0.1, 0.15) is 31.2 Å². The van der Waals surface area contributed by atoms with E-state index in [0.717, 1.165) is 58.5 Å². The molecule has 1 aromatic carbocycles. The van der Waals surface area contributed by atoms with Crippen molar-refractivity contribution in [2.45, 2.75) is 37.5 Å². The van der Waals surface area contributed by atoms with E-state index in [1.165, 1.54) is 24.3 Å². The van der Waals surface area contributed by atoms with Gasteiger partial charge in [-0.05, 0) is 42.9 Å². The number of ether oxygens (including phenoxy) is 1. The number of hydrogen-bond acceptors (Lipinski definition) is 4. The molecular weight excluding hydrogens is 343 g/mol. The second kappa shape index (κ2) is 8.58. The van der Waals surface area contributed by atoms with Gasteiger partial charge < -0.3 is 4.74 Å². The lowest BCUT2D eigenvalue weighted by Crippen LogP contribution is -2.44. The Bertz CT molecular complexity index is 645. The molecule has 1 heterocycles. The Morgan fingerprint density at radius 3 is 2.60 bits per heavy atom. The van der Waals surface area contributed by atoms with E-state index in [9.17, 15) is 12.8 Å². The smallest absolute Gasteiger partial charge is 0.216 e. The van der Waals surface area contributed by atoms with Crippen molar-refractivity contribution in [2.75, 3.05) is 32.8 Å². The molecule has 2 fully saturated rings. The third-order valence-electron chi connectivity index (χ3n) is 5.02. The number of nitrogens with one attached hydrogen (secondary N) is 1. The molecule has 25 heavy (non-hydrogen) atoms. The van der Waals surface area contributed by atoms with Crippen molar-refractivity contribution in [3.8, 4) is 0 Å². The van der Waals surface area contributed by atoms with Gasteiger partial charge in [0.1, 0.15) is 5.82 Å². The molecule has 0 radical (unpaired) electrons. The zero-order chi connectivity index (χ0) is 17.7. The first-order valence-electron chi connectivity index (χ1n) is 9.05. The Labute approximate surface area is 149 Å². The molecule has 1 aliphatic carbocycles. The van der Waals surface area contributed by atoms with E-state index in [-0.39, 0.29) is 17.6 Å². The molecule has 0 bridgehead atoms. The number of nitrogens with zero attached hydrogens (tertiary/aromatic N) is 1. The summed E-state index contributed by atoms with van der Waals surface area (Å²) in [5, 5.41) is 0. The molecule has 140 valence electrons. The van der Waals surface area contributed by atoms with Crippen LogP contribution in [0.15, 0.2) is 24.3 Å². The van der Waals surface area contributed by atoms with E-state index in [1.807, 2.05) is 0 Å². The minimum atomic E-state index is -3.41. The lowest BCUT2D eigenvalue weighted by molar-refractivity contribution is 0.0270. The van der Waals surface area contributed by atoms with Crippen molar-refractivity contribution in [2.24, 2.45) is 5.92 Å². The minimum Gasteiger partial charge on any atom is -0.379 e. The van der Waals surface area contributed by atoms with Crippen LogP contribution in [0, 0.1) is 11.7 Å². The number of benzene rings is 1. The van der Waals surface area contributed by atoms with Crippen LogP contribution in [-0.4, -0.2) is 52.2 Å². The lowest BCUT2D eigenvalue weighted by Gasteiger charge is -2.35. The van der Waals surface area contributed by atoms with Gasteiger partial charge in [0.05, 0.1) is 19.0 Å². The standard InChI is InChI=1S/C18H27FN2O3S/c19-17-6-4-15(5-7-17)14-25(22,23)20-18-3-1-2-16(12-18)13-21-8-10-24-11-9-21/h4-7,16,18,20H,1-3,8-14H2/t16-,18+/m1/s1. The number of morpholine rings is 1. The Balaban J connectivity index is 1.51. The van der Waals surface area contributed by atoms with Gasteiger partial charge in [0, 0.05) is 25.7 Å². The summed E-state index contributed by atoms with van der Waals surface area (Å²) in [5.41, 5.74) is 0.606. The summed E-state index contributed by atoms with van der Waals surface area (Å²) in [4.78, 5) is 2.42. The largest absolute Gasteiger partial charge is 0.379 e. The van der Waals surface area contributed by atoms with Crippen LogP contribution in [0.2, 0.25) is 0 Å². The van der Waals surface area contributed by atoms with Crippen LogP contribution in [-0.2, 0) is 20.5 Å². The van der Waals surface area contributed by atoms with Crippen molar-refractivity contribution < 1.29 is 17.5 Å². The van der Waals surface area contributed by atoms with Crippen molar-refractivity contribution in [3.63, 3.8) is 0 Å². The summed E-state index contributed by atoms with van der Waals surface area (Å²) in [7, 11) is -3.41. The predicted octanol–water partition coefficient (Wildman–Crippen LogP) is 2.14. The van der Waals surface area contributed by atoms with Crippen LogP contribution in [0.5, 0.6) is 0 Å². The maximum atomic E-state index is 13.0. The number of hydrogen-bond donors (Lipinski definition) is 1. The average Bonchev–Trinajstić information content (AvgIpc) is 2.57. The average molecular weight is 370 g/mol. The Morgan fingerprint density at radius 1 is 1.16 bits per heavy atom.